The Kier molecular flexibility index (Phi) is 7.35. The standard InChI is InChI=1S/C27H24F2O5S2/c1-19-4-11-25(12-5-19)36(30,31)34-35(23-13-7-21(32-2)8-14-23,24-15-9-22(33-3)10-16-24)27-17-6-20(28)18-26(27)29/h4-18H,1-3H3. The molecule has 0 unspecified atom stereocenters. The van der Waals surface area contributed by atoms with Crippen LogP contribution in [0.3, 0.4) is 0 Å². The average Bonchev–Trinajstić information content (AvgIpc) is 2.88. The third kappa shape index (κ3) is 4.95. The predicted octanol–water partition coefficient (Wildman–Crippen LogP) is 6.89. The Bertz CT molecular complexity index is 1410. The third-order valence-electron chi connectivity index (χ3n) is 5.49. The Hall–Kier alpha value is -3.40. The molecule has 0 aliphatic carbocycles. The Morgan fingerprint density at radius 2 is 1.11 bits per heavy atom. The maximum absolute atomic E-state index is 15.5. The second kappa shape index (κ2) is 10.3. The second-order valence-corrected chi connectivity index (χ2v) is 12.2. The molecule has 188 valence electrons. The minimum Gasteiger partial charge on any atom is -0.497 e. The van der Waals surface area contributed by atoms with E-state index in [0.29, 0.717) is 27.4 Å². The monoisotopic (exact) mass is 530 g/mol. The first-order valence-corrected chi connectivity index (χ1v) is 13.8. The van der Waals surface area contributed by atoms with Crippen molar-refractivity contribution in [1.29, 1.82) is 0 Å². The van der Waals surface area contributed by atoms with Gasteiger partial charge in [-0.3, -0.25) is 0 Å². The molecule has 0 atom stereocenters. The van der Waals surface area contributed by atoms with Gasteiger partial charge in [-0.15, -0.1) is 0 Å². The Labute approximate surface area is 210 Å². The summed E-state index contributed by atoms with van der Waals surface area (Å²) >= 11 is 0. The normalized spacial score (nSPS) is 12.2. The molecule has 0 heterocycles. The predicted molar refractivity (Wildman–Crippen MR) is 134 cm³/mol. The van der Waals surface area contributed by atoms with Crippen molar-refractivity contribution >= 4 is 20.4 Å². The highest BCUT2D eigenvalue weighted by atomic mass is 32.3. The largest absolute Gasteiger partial charge is 0.497 e. The minimum absolute atomic E-state index is 0.0884. The summed E-state index contributed by atoms with van der Waals surface area (Å²) in [6.07, 6.45) is 0. The van der Waals surface area contributed by atoms with Crippen molar-refractivity contribution in [3.63, 3.8) is 0 Å². The van der Waals surface area contributed by atoms with Crippen molar-refractivity contribution < 1.29 is 30.3 Å². The van der Waals surface area contributed by atoms with Gasteiger partial charge in [-0.1, -0.05) is 17.7 Å². The number of rotatable bonds is 8. The molecule has 0 saturated carbocycles. The molecule has 0 bridgehead atoms. The molecular formula is C27H24F2O5S2. The number of hydrogen-bond donors (Lipinski definition) is 0. The first-order chi connectivity index (χ1) is 17.2. The summed E-state index contributed by atoms with van der Waals surface area (Å²) in [6, 6.07) is 22.1. The fourth-order valence-corrected chi connectivity index (χ4v) is 8.82. The van der Waals surface area contributed by atoms with Gasteiger partial charge in [0, 0.05) is 15.9 Å². The van der Waals surface area contributed by atoms with Crippen molar-refractivity contribution in [2.45, 2.75) is 26.5 Å². The fraction of sp³-hybridized carbons (Fsp3) is 0.111. The number of aryl methyl sites for hydroxylation is 1. The van der Waals surface area contributed by atoms with Crippen molar-refractivity contribution in [1.82, 2.24) is 0 Å². The van der Waals surface area contributed by atoms with Crippen LogP contribution in [0.25, 0.3) is 0 Å². The van der Waals surface area contributed by atoms with Crippen LogP contribution >= 0.6 is 10.3 Å². The lowest BCUT2D eigenvalue weighted by Crippen LogP contribution is -2.16. The molecule has 0 saturated heterocycles. The lowest BCUT2D eigenvalue weighted by molar-refractivity contribution is 0.414. The maximum Gasteiger partial charge on any atom is 0.307 e. The van der Waals surface area contributed by atoms with E-state index in [1.807, 2.05) is 6.92 Å². The first kappa shape index (κ1) is 25.7. The van der Waals surface area contributed by atoms with Gasteiger partial charge in [-0.05, 0) is 90.0 Å². The molecule has 0 spiro atoms. The summed E-state index contributed by atoms with van der Waals surface area (Å²) in [7, 11) is -4.72. The summed E-state index contributed by atoms with van der Waals surface area (Å²) in [4.78, 5) is 0.550. The highest BCUT2D eigenvalue weighted by Gasteiger charge is 2.40. The van der Waals surface area contributed by atoms with Gasteiger partial charge in [-0.25, -0.2) is 12.4 Å². The van der Waals surface area contributed by atoms with Gasteiger partial charge < -0.3 is 9.47 Å². The molecule has 4 aromatic rings. The zero-order valence-electron chi connectivity index (χ0n) is 19.8. The molecule has 0 aromatic heterocycles. The van der Waals surface area contributed by atoms with Crippen LogP contribution in [-0.4, -0.2) is 22.6 Å². The van der Waals surface area contributed by atoms with Crippen molar-refractivity contribution in [2.24, 2.45) is 0 Å². The molecule has 5 nitrogen and oxygen atoms in total. The zero-order chi connectivity index (χ0) is 25.9. The second-order valence-electron chi connectivity index (χ2n) is 7.82. The van der Waals surface area contributed by atoms with E-state index < -0.39 is 32.1 Å². The summed E-state index contributed by atoms with van der Waals surface area (Å²) in [5.74, 6) is -0.698. The number of methoxy groups -OCH3 is 2. The highest BCUT2D eigenvalue weighted by Crippen LogP contribution is 2.71. The van der Waals surface area contributed by atoms with Gasteiger partial charge in [-0.2, -0.15) is 8.42 Å². The number of benzene rings is 4. The van der Waals surface area contributed by atoms with Crippen molar-refractivity contribution in [3.05, 3.63) is 108 Å². The van der Waals surface area contributed by atoms with Crippen LogP contribution in [0.2, 0.25) is 0 Å². The lowest BCUT2D eigenvalue weighted by atomic mass is 10.2. The third-order valence-corrected chi connectivity index (χ3v) is 10.7. The van der Waals surface area contributed by atoms with E-state index in [0.717, 1.165) is 11.6 Å². The fourth-order valence-electron chi connectivity index (χ4n) is 3.63. The van der Waals surface area contributed by atoms with Crippen LogP contribution in [0.4, 0.5) is 8.78 Å². The Morgan fingerprint density at radius 3 is 1.56 bits per heavy atom. The summed E-state index contributed by atoms with van der Waals surface area (Å²) in [5.41, 5.74) is 0.863. The van der Waals surface area contributed by atoms with Gasteiger partial charge in [0.1, 0.15) is 23.1 Å². The first-order valence-electron chi connectivity index (χ1n) is 10.8. The van der Waals surface area contributed by atoms with E-state index in [1.165, 1.54) is 32.4 Å². The van der Waals surface area contributed by atoms with Crippen molar-refractivity contribution in [2.75, 3.05) is 14.2 Å². The molecule has 4 aromatic carbocycles. The summed E-state index contributed by atoms with van der Waals surface area (Å²) < 4.78 is 73.4. The van der Waals surface area contributed by atoms with Crippen LogP contribution in [-0.2, 0) is 13.7 Å². The topological polar surface area (TPSA) is 61.8 Å². The smallest absolute Gasteiger partial charge is 0.307 e. The minimum atomic E-state index is -4.42. The van der Waals surface area contributed by atoms with Crippen LogP contribution in [0.5, 0.6) is 11.5 Å². The molecular weight excluding hydrogens is 506 g/mol. The molecule has 0 radical (unpaired) electrons. The molecule has 0 N–H and O–H groups in total. The molecule has 0 fully saturated rings. The SMILES string of the molecule is COc1ccc(S(OS(=O)(=O)c2ccc(C)cc2)(c2ccc(OC)cc2)c2ccc(F)cc2F)cc1. The van der Waals surface area contributed by atoms with E-state index in [1.54, 1.807) is 60.7 Å². The van der Waals surface area contributed by atoms with Crippen LogP contribution < -0.4 is 9.47 Å². The zero-order valence-corrected chi connectivity index (χ0v) is 21.4. The number of hydrogen-bond acceptors (Lipinski definition) is 5. The highest BCUT2D eigenvalue weighted by molar-refractivity contribution is 8.33. The molecule has 4 rings (SSSR count). The Balaban J connectivity index is 2.05. The van der Waals surface area contributed by atoms with E-state index in [2.05, 4.69) is 0 Å². The maximum atomic E-state index is 15.5. The van der Waals surface area contributed by atoms with E-state index in [-0.39, 0.29) is 9.79 Å². The van der Waals surface area contributed by atoms with Gasteiger partial charge in [0.15, 0.2) is 0 Å². The lowest BCUT2D eigenvalue weighted by Gasteiger charge is -2.39. The van der Waals surface area contributed by atoms with E-state index in [4.69, 9.17) is 13.1 Å². The molecule has 0 amide bonds. The van der Waals surface area contributed by atoms with Gasteiger partial charge in [0.05, 0.1) is 24.0 Å². The van der Waals surface area contributed by atoms with Crippen LogP contribution in [0.15, 0.2) is 111 Å². The van der Waals surface area contributed by atoms with Crippen molar-refractivity contribution in [3.8, 4) is 11.5 Å². The molecule has 36 heavy (non-hydrogen) atoms. The van der Waals surface area contributed by atoms with Crippen LogP contribution in [0.1, 0.15) is 5.56 Å². The van der Waals surface area contributed by atoms with E-state index >= 15 is 4.39 Å². The average molecular weight is 531 g/mol. The number of ether oxygens (including phenoxy) is 2. The number of halogens is 2. The molecule has 9 heteroatoms. The van der Waals surface area contributed by atoms with Gasteiger partial charge in [0.25, 0.3) is 0 Å². The molecule has 0 aliphatic heterocycles. The quantitative estimate of drug-likeness (QED) is 0.248. The van der Waals surface area contributed by atoms with Gasteiger partial charge >= 0.3 is 10.1 Å². The van der Waals surface area contributed by atoms with E-state index in [9.17, 15) is 12.8 Å². The Morgan fingerprint density at radius 1 is 0.639 bits per heavy atom. The summed E-state index contributed by atoms with van der Waals surface area (Å²) in [5, 5.41) is 0. The van der Waals surface area contributed by atoms with Crippen LogP contribution in [0, 0.1) is 18.6 Å². The molecule has 0 aliphatic rings. The summed E-state index contributed by atoms with van der Waals surface area (Å²) in [6.45, 7) is 1.83. The van der Waals surface area contributed by atoms with Gasteiger partial charge in [0.2, 0.25) is 0 Å².